The summed E-state index contributed by atoms with van der Waals surface area (Å²) in [5.41, 5.74) is 3.07. The highest BCUT2D eigenvalue weighted by molar-refractivity contribution is 6.34. The number of rotatable bonds is 3. The quantitative estimate of drug-likeness (QED) is 0.703. The summed E-state index contributed by atoms with van der Waals surface area (Å²) in [5, 5.41) is 5.58. The van der Waals surface area contributed by atoms with Gasteiger partial charge in [-0.2, -0.15) is 0 Å². The third kappa shape index (κ3) is 2.93. The van der Waals surface area contributed by atoms with E-state index in [0.717, 1.165) is 22.3 Å². The molecule has 0 aliphatic heterocycles. The van der Waals surface area contributed by atoms with E-state index in [1.807, 2.05) is 31.3 Å². The molecule has 2 aromatic carbocycles. The number of aryl methyl sites for hydroxylation is 1. The minimum absolute atomic E-state index is 0.0890. The zero-order valence-electron chi connectivity index (χ0n) is 11.8. The molecule has 3 rings (SSSR count). The largest absolute Gasteiger partial charge is 0.459 e. The number of nitrogens with one attached hydrogen (secondary N) is 1. The average molecular weight is 320 g/mol. The summed E-state index contributed by atoms with van der Waals surface area (Å²) in [4.78, 5) is 0. The molecular formula is C17H15Cl2NO. The monoisotopic (exact) mass is 319 g/mol. The molecule has 0 saturated carbocycles. The van der Waals surface area contributed by atoms with E-state index in [9.17, 15) is 0 Å². The molecular weight excluding hydrogens is 305 g/mol. The number of halogens is 2. The Kier molecular flexibility index (Phi) is 3.94. The molecule has 4 heteroatoms. The van der Waals surface area contributed by atoms with Gasteiger partial charge in [-0.25, -0.2) is 0 Å². The molecule has 0 amide bonds. The van der Waals surface area contributed by atoms with E-state index in [1.54, 1.807) is 6.07 Å². The maximum absolute atomic E-state index is 6.10. The van der Waals surface area contributed by atoms with Crippen LogP contribution < -0.4 is 5.32 Å². The van der Waals surface area contributed by atoms with Crippen molar-refractivity contribution < 1.29 is 4.42 Å². The van der Waals surface area contributed by atoms with E-state index >= 15 is 0 Å². The number of fused-ring (bicyclic) bond motifs is 1. The molecule has 0 bridgehead atoms. The number of hydrogen-bond acceptors (Lipinski definition) is 2. The Morgan fingerprint density at radius 3 is 2.38 bits per heavy atom. The van der Waals surface area contributed by atoms with Crippen molar-refractivity contribution in [3.05, 3.63) is 69.4 Å². The van der Waals surface area contributed by atoms with Crippen molar-refractivity contribution in [1.82, 2.24) is 5.32 Å². The molecule has 0 saturated heterocycles. The minimum Gasteiger partial charge on any atom is -0.459 e. The summed E-state index contributed by atoms with van der Waals surface area (Å²) in [6.07, 6.45) is 0. The van der Waals surface area contributed by atoms with Gasteiger partial charge < -0.3 is 9.73 Å². The van der Waals surface area contributed by atoms with Crippen molar-refractivity contribution in [2.75, 3.05) is 7.05 Å². The summed E-state index contributed by atoms with van der Waals surface area (Å²) in [6.45, 7) is 2.07. The highest BCUT2D eigenvalue weighted by Crippen LogP contribution is 2.31. The van der Waals surface area contributed by atoms with Crippen LogP contribution in [0.3, 0.4) is 0 Å². The van der Waals surface area contributed by atoms with Crippen molar-refractivity contribution in [3.8, 4) is 0 Å². The SMILES string of the molecule is CNC(c1cc(Cl)cc(Cl)c1)c1cc2cc(C)ccc2o1. The number of hydrogen-bond donors (Lipinski definition) is 1. The fourth-order valence-electron chi connectivity index (χ4n) is 2.54. The van der Waals surface area contributed by atoms with Crippen LogP contribution in [0.15, 0.2) is 46.9 Å². The van der Waals surface area contributed by atoms with E-state index in [4.69, 9.17) is 27.6 Å². The predicted molar refractivity (Wildman–Crippen MR) is 88.3 cm³/mol. The molecule has 0 radical (unpaired) electrons. The van der Waals surface area contributed by atoms with Gasteiger partial charge in [-0.05, 0) is 55.9 Å². The first-order valence-electron chi connectivity index (χ1n) is 6.70. The highest BCUT2D eigenvalue weighted by atomic mass is 35.5. The van der Waals surface area contributed by atoms with Gasteiger partial charge in [0.15, 0.2) is 0 Å². The molecule has 1 N–H and O–H groups in total. The molecule has 1 aromatic heterocycles. The normalized spacial score (nSPS) is 12.8. The lowest BCUT2D eigenvalue weighted by Gasteiger charge is -2.14. The fraction of sp³-hybridized carbons (Fsp3) is 0.176. The van der Waals surface area contributed by atoms with Crippen molar-refractivity contribution in [2.24, 2.45) is 0 Å². The van der Waals surface area contributed by atoms with Gasteiger partial charge in [-0.1, -0.05) is 34.8 Å². The van der Waals surface area contributed by atoms with Crippen LogP contribution >= 0.6 is 23.2 Å². The van der Waals surface area contributed by atoms with Gasteiger partial charge in [-0.3, -0.25) is 0 Å². The van der Waals surface area contributed by atoms with Gasteiger partial charge in [0.25, 0.3) is 0 Å². The summed E-state index contributed by atoms with van der Waals surface area (Å²) >= 11 is 12.2. The molecule has 1 heterocycles. The summed E-state index contributed by atoms with van der Waals surface area (Å²) in [6, 6.07) is 13.6. The van der Waals surface area contributed by atoms with E-state index in [-0.39, 0.29) is 6.04 Å². The Hall–Kier alpha value is -1.48. The lowest BCUT2D eigenvalue weighted by Crippen LogP contribution is -2.16. The topological polar surface area (TPSA) is 25.2 Å². The van der Waals surface area contributed by atoms with Crippen LogP contribution in [-0.4, -0.2) is 7.05 Å². The van der Waals surface area contributed by atoms with Gasteiger partial charge in [0, 0.05) is 15.4 Å². The van der Waals surface area contributed by atoms with Gasteiger partial charge in [0.05, 0.1) is 6.04 Å². The Morgan fingerprint density at radius 2 is 1.71 bits per heavy atom. The first-order valence-corrected chi connectivity index (χ1v) is 7.46. The predicted octanol–water partition coefficient (Wildman–Crippen LogP) is 5.36. The number of benzene rings is 2. The zero-order valence-corrected chi connectivity index (χ0v) is 13.3. The lowest BCUT2D eigenvalue weighted by molar-refractivity contribution is 0.491. The summed E-state index contributed by atoms with van der Waals surface area (Å²) < 4.78 is 5.96. The van der Waals surface area contributed by atoms with Crippen LogP contribution in [0, 0.1) is 6.92 Å². The maximum Gasteiger partial charge on any atom is 0.134 e. The Balaban J connectivity index is 2.08. The smallest absolute Gasteiger partial charge is 0.134 e. The summed E-state index contributed by atoms with van der Waals surface area (Å²) in [7, 11) is 1.89. The second-order valence-electron chi connectivity index (χ2n) is 5.11. The van der Waals surface area contributed by atoms with Crippen LogP contribution in [0.4, 0.5) is 0 Å². The van der Waals surface area contributed by atoms with Gasteiger partial charge in [-0.15, -0.1) is 0 Å². The zero-order chi connectivity index (χ0) is 15.0. The van der Waals surface area contributed by atoms with E-state index < -0.39 is 0 Å². The van der Waals surface area contributed by atoms with Gasteiger partial charge in [0.2, 0.25) is 0 Å². The van der Waals surface area contributed by atoms with Crippen LogP contribution in [-0.2, 0) is 0 Å². The Bertz CT molecular complexity index is 774. The molecule has 21 heavy (non-hydrogen) atoms. The highest BCUT2D eigenvalue weighted by Gasteiger charge is 2.18. The molecule has 108 valence electrons. The standard InChI is InChI=1S/C17H15Cl2NO/c1-10-3-4-15-11(5-10)8-16(21-15)17(20-2)12-6-13(18)9-14(19)7-12/h3-9,17,20H,1-2H3. The first-order chi connectivity index (χ1) is 10.1. The molecule has 2 nitrogen and oxygen atoms in total. The Labute approximate surface area is 133 Å². The fourth-order valence-corrected chi connectivity index (χ4v) is 3.08. The van der Waals surface area contributed by atoms with Crippen molar-refractivity contribution in [3.63, 3.8) is 0 Å². The minimum atomic E-state index is -0.0890. The molecule has 3 aromatic rings. The molecule has 0 spiro atoms. The van der Waals surface area contributed by atoms with E-state index in [0.29, 0.717) is 10.0 Å². The molecule has 0 aliphatic rings. The first kappa shape index (κ1) is 14.5. The second kappa shape index (κ2) is 5.72. The van der Waals surface area contributed by atoms with Crippen molar-refractivity contribution in [1.29, 1.82) is 0 Å². The van der Waals surface area contributed by atoms with Crippen LogP contribution in [0.25, 0.3) is 11.0 Å². The third-order valence-corrected chi connectivity index (χ3v) is 3.92. The van der Waals surface area contributed by atoms with Gasteiger partial charge >= 0.3 is 0 Å². The van der Waals surface area contributed by atoms with E-state index in [2.05, 4.69) is 24.4 Å². The third-order valence-electron chi connectivity index (χ3n) is 3.48. The average Bonchev–Trinajstić information content (AvgIpc) is 2.81. The van der Waals surface area contributed by atoms with Crippen molar-refractivity contribution in [2.45, 2.75) is 13.0 Å². The number of furan rings is 1. The van der Waals surface area contributed by atoms with E-state index in [1.165, 1.54) is 5.56 Å². The van der Waals surface area contributed by atoms with Gasteiger partial charge in [0.1, 0.15) is 11.3 Å². The molecule has 1 unspecified atom stereocenters. The summed E-state index contributed by atoms with van der Waals surface area (Å²) in [5.74, 6) is 0.844. The molecule has 0 aliphatic carbocycles. The van der Waals surface area contributed by atoms with Crippen LogP contribution in [0.2, 0.25) is 10.0 Å². The maximum atomic E-state index is 6.10. The lowest BCUT2D eigenvalue weighted by atomic mass is 10.0. The Morgan fingerprint density at radius 1 is 1.00 bits per heavy atom. The van der Waals surface area contributed by atoms with Crippen molar-refractivity contribution >= 4 is 34.2 Å². The van der Waals surface area contributed by atoms with Crippen LogP contribution in [0.1, 0.15) is 22.9 Å². The molecule has 0 fully saturated rings. The second-order valence-corrected chi connectivity index (χ2v) is 5.99. The van der Waals surface area contributed by atoms with Crippen LogP contribution in [0.5, 0.6) is 0 Å². The molecule has 1 atom stereocenters.